The third kappa shape index (κ3) is 3.12. The number of ether oxygens (including phenoxy) is 1. The van der Waals surface area contributed by atoms with E-state index in [1.165, 1.54) is 0 Å². The molecule has 116 valence electrons. The number of carbonyl (C=O) groups is 1. The van der Waals surface area contributed by atoms with Crippen molar-refractivity contribution in [2.24, 2.45) is 0 Å². The van der Waals surface area contributed by atoms with E-state index in [0.717, 1.165) is 49.8 Å². The number of amides is 1. The lowest BCUT2D eigenvalue weighted by Crippen LogP contribution is -2.59. The first-order valence-electron chi connectivity index (χ1n) is 7.44. The maximum absolute atomic E-state index is 12.3. The van der Waals surface area contributed by atoms with Crippen LogP contribution in [-0.4, -0.2) is 60.7 Å². The van der Waals surface area contributed by atoms with Crippen LogP contribution in [0.5, 0.6) is 0 Å². The van der Waals surface area contributed by atoms with Gasteiger partial charge in [-0.25, -0.2) is 0 Å². The van der Waals surface area contributed by atoms with Crippen molar-refractivity contribution in [3.63, 3.8) is 0 Å². The Morgan fingerprint density at radius 2 is 2.29 bits per heavy atom. The lowest BCUT2D eigenvalue weighted by Gasteiger charge is -2.42. The van der Waals surface area contributed by atoms with Crippen LogP contribution in [0, 0.1) is 6.92 Å². The molecule has 3 heterocycles. The molecule has 1 aromatic heterocycles. The van der Waals surface area contributed by atoms with Gasteiger partial charge in [0.05, 0.1) is 19.5 Å². The molecule has 5 nitrogen and oxygen atoms in total. The number of nitrogens with zero attached hydrogens (tertiary/aromatic N) is 1. The maximum atomic E-state index is 12.3. The van der Waals surface area contributed by atoms with E-state index in [0.29, 0.717) is 12.3 Å². The zero-order chi connectivity index (χ0) is 14.7. The summed E-state index contributed by atoms with van der Waals surface area (Å²) in [6, 6.07) is 1.82. The summed E-state index contributed by atoms with van der Waals surface area (Å²) in [5.41, 5.74) is 0.957. The van der Waals surface area contributed by atoms with Gasteiger partial charge in [0.25, 0.3) is 5.91 Å². The molecule has 21 heavy (non-hydrogen) atoms. The number of morpholine rings is 1. The van der Waals surface area contributed by atoms with Gasteiger partial charge in [0.1, 0.15) is 0 Å². The Hall–Kier alpha value is -0.980. The van der Waals surface area contributed by atoms with Crippen LogP contribution in [0.2, 0.25) is 0 Å². The van der Waals surface area contributed by atoms with Crippen molar-refractivity contribution in [3.8, 4) is 0 Å². The van der Waals surface area contributed by atoms with Crippen molar-refractivity contribution < 1.29 is 13.9 Å². The van der Waals surface area contributed by atoms with Crippen molar-refractivity contribution in [3.05, 3.63) is 23.7 Å². The van der Waals surface area contributed by atoms with Gasteiger partial charge < -0.3 is 14.5 Å². The molecule has 1 unspecified atom stereocenters. The van der Waals surface area contributed by atoms with Crippen LogP contribution in [-0.2, 0) is 4.74 Å². The molecule has 0 aromatic carbocycles. The number of furan rings is 1. The zero-order valence-corrected chi connectivity index (χ0v) is 13.2. The molecule has 2 aliphatic heterocycles. The summed E-state index contributed by atoms with van der Waals surface area (Å²) >= 11 is 1.97. The van der Waals surface area contributed by atoms with Crippen LogP contribution in [0.25, 0.3) is 0 Å². The van der Waals surface area contributed by atoms with Gasteiger partial charge in [0.2, 0.25) is 0 Å². The first-order chi connectivity index (χ1) is 10.2. The Kier molecular flexibility index (Phi) is 4.57. The normalized spacial score (nSPS) is 26.9. The highest BCUT2D eigenvalue weighted by atomic mass is 32.2. The fourth-order valence-corrected chi connectivity index (χ4v) is 4.54. The van der Waals surface area contributed by atoms with Crippen LogP contribution >= 0.6 is 11.8 Å². The molecule has 0 saturated carbocycles. The zero-order valence-electron chi connectivity index (χ0n) is 12.4. The third-order valence-corrected chi connectivity index (χ3v) is 5.64. The van der Waals surface area contributed by atoms with Gasteiger partial charge >= 0.3 is 0 Å². The van der Waals surface area contributed by atoms with E-state index in [9.17, 15) is 4.79 Å². The SMILES string of the molecule is Cc1ccoc1C(=O)NCC1(N2CCOCC2)CCSC1. The van der Waals surface area contributed by atoms with Gasteiger partial charge in [-0.15, -0.1) is 0 Å². The molecule has 2 aliphatic rings. The third-order valence-electron chi connectivity index (χ3n) is 4.41. The monoisotopic (exact) mass is 310 g/mol. The Labute approximate surface area is 129 Å². The average Bonchev–Trinajstić information content (AvgIpc) is 3.15. The minimum Gasteiger partial charge on any atom is -0.459 e. The van der Waals surface area contributed by atoms with E-state index in [1.807, 2.05) is 24.8 Å². The maximum Gasteiger partial charge on any atom is 0.287 e. The van der Waals surface area contributed by atoms with Crippen molar-refractivity contribution in [1.29, 1.82) is 0 Å². The standard InChI is InChI=1S/C15H22N2O3S/c1-12-2-6-20-13(12)14(18)16-10-15(3-9-21-11-15)17-4-7-19-8-5-17/h2,6H,3-5,7-11H2,1H3,(H,16,18). The molecule has 1 N–H and O–H groups in total. The van der Waals surface area contributed by atoms with Crippen LogP contribution in [0.15, 0.2) is 16.7 Å². The topological polar surface area (TPSA) is 54.7 Å². The first kappa shape index (κ1) is 14.9. The van der Waals surface area contributed by atoms with E-state index in [2.05, 4.69) is 10.2 Å². The number of aryl methyl sites for hydroxylation is 1. The van der Waals surface area contributed by atoms with Crippen LogP contribution in [0.4, 0.5) is 0 Å². The highest BCUT2D eigenvalue weighted by Crippen LogP contribution is 2.33. The van der Waals surface area contributed by atoms with Crippen molar-refractivity contribution >= 4 is 17.7 Å². The quantitative estimate of drug-likeness (QED) is 0.914. The minimum absolute atomic E-state index is 0.0740. The number of nitrogens with one attached hydrogen (secondary N) is 1. The molecule has 0 spiro atoms. The summed E-state index contributed by atoms with van der Waals surface area (Å²) in [6.07, 6.45) is 2.68. The summed E-state index contributed by atoms with van der Waals surface area (Å²) in [5.74, 6) is 2.55. The van der Waals surface area contributed by atoms with Gasteiger partial charge in [-0.2, -0.15) is 11.8 Å². The molecule has 0 bridgehead atoms. The minimum atomic E-state index is -0.109. The van der Waals surface area contributed by atoms with E-state index in [1.54, 1.807) is 6.26 Å². The first-order valence-corrected chi connectivity index (χ1v) is 8.60. The predicted molar refractivity (Wildman–Crippen MR) is 82.8 cm³/mol. The smallest absolute Gasteiger partial charge is 0.287 e. The second-order valence-corrected chi connectivity index (χ2v) is 6.85. The molecule has 2 saturated heterocycles. The fraction of sp³-hybridized carbons (Fsp3) is 0.667. The van der Waals surface area contributed by atoms with Gasteiger partial charge in [-0.3, -0.25) is 9.69 Å². The summed E-state index contributed by atoms with van der Waals surface area (Å²) in [6.45, 7) is 6.06. The van der Waals surface area contributed by atoms with Crippen LogP contribution in [0.3, 0.4) is 0 Å². The van der Waals surface area contributed by atoms with Gasteiger partial charge in [0.15, 0.2) is 5.76 Å². The molecule has 0 radical (unpaired) electrons. The van der Waals surface area contributed by atoms with Crippen molar-refractivity contribution in [1.82, 2.24) is 10.2 Å². The van der Waals surface area contributed by atoms with Gasteiger partial charge in [-0.1, -0.05) is 0 Å². The summed E-state index contributed by atoms with van der Waals surface area (Å²) in [7, 11) is 0. The molecule has 2 fully saturated rings. The molecule has 1 aromatic rings. The molecule has 3 rings (SSSR count). The van der Waals surface area contributed by atoms with Crippen LogP contribution in [0.1, 0.15) is 22.5 Å². The molecular formula is C15H22N2O3S. The fourth-order valence-electron chi connectivity index (χ4n) is 3.07. The molecule has 1 amide bonds. The number of hydrogen-bond acceptors (Lipinski definition) is 5. The Bertz CT molecular complexity index is 491. The average molecular weight is 310 g/mol. The molecular weight excluding hydrogens is 288 g/mol. The van der Waals surface area contributed by atoms with E-state index in [4.69, 9.17) is 9.15 Å². The second kappa shape index (κ2) is 6.42. The van der Waals surface area contributed by atoms with Crippen LogP contribution < -0.4 is 5.32 Å². The highest BCUT2D eigenvalue weighted by Gasteiger charge is 2.41. The molecule has 0 aliphatic carbocycles. The van der Waals surface area contributed by atoms with Gasteiger partial charge in [0, 0.05) is 36.5 Å². The summed E-state index contributed by atoms with van der Waals surface area (Å²) in [4.78, 5) is 14.7. The van der Waals surface area contributed by atoms with Crippen molar-refractivity contribution in [2.75, 3.05) is 44.4 Å². The number of hydrogen-bond donors (Lipinski definition) is 1. The molecule has 6 heteroatoms. The van der Waals surface area contributed by atoms with E-state index in [-0.39, 0.29) is 11.4 Å². The number of thioether (sulfide) groups is 1. The van der Waals surface area contributed by atoms with E-state index >= 15 is 0 Å². The lowest BCUT2D eigenvalue weighted by atomic mass is 9.95. The largest absolute Gasteiger partial charge is 0.459 e. The van der Waals surface area contributed by atoms with Crippen molar-refractivity contribution in [2.45, 2.75) is 18.9 Å². The Morgan fingerprint density at radius 3 is 2.90 bits per heavy atom. The Balaban J connectivity index is 1.65. The number of carbonyl (C=O) groups excluding carboxylic acids is 1. The number of rotatable bonds is 4. The predicted octanol–water partition coefficient (Wildman–Crippen LogP) is 1.53. The lowest BCUT2D eigenvalue weighted by molar-refractivity contribution is -0.0129. The summed E-state index contributed by atoms with van der Waals surface area (Å²) < 4.78 is 10.7. The highest BCUT2D eigenvalue weighted by molar-refractivity contribution is 7.99. The second-order valence-electron chi connectivity index (χ2n) is 5.74. The Morgan fingerprint density at radius 1 is 1.48 bits per heavy atom. The molecule has 1 atom stereocenters. The van der Waals surface area contributed by atoms with E-state index < -0.39 is 0 Å². The summed E-state index contributed by atoms with van der Waals surface area (Å²) in [5, 5.41) is 3.08. The van der Waals surface area contributed by atoms with Gasteiger partial charge in [-0.05, 0) is 25.2 Å².